The van der Waals surface area contributed by atoms with E-state index in [4.69, 9.17) is 0 Å². The number of hydrogen-bond donors (Lipinski definition) is 0. The Balaban J connectivity index is 3.02. The lowest BCUT2D eigenvalue weighted by atomic mass is 9.84. The number of methoxy groups -OCH3 is 1. The predicted octanol–water partition coefficient (Wildman–Crippen LogP) is 2.83. The molecule has 4 heteroatoms. The third kappa shape index (κ3) is 2.50. The molecule has 1 aromatic rings. The second kappa shape index (κ2) is 4.78. The zero-order chi connectivity index (χ0) is 12.3. The van der Waals surface area contributed by atoms with E-state index in [0.717, 1.165) is 4.47 Å². The first-order chi connectivity index (χ1) is 7.39. The first kappa shape index (κ1) is 12.9. The van der Waals surface area contributed by atoms with E-state index in [9.17, 15) is 9.59 Å². The molecule has 0 atom stereocenters. The molecule has 0 aromatic heterocycles. The standard InChI is InChI=1S/C12H13BrO3/c1-12(2,11(15)16-3)10(14)8-4-6-9(13)7-5-8/h4-7H,1-3H3. The lowest BCUT2D eigenvalue weighted by Crippen LogP contribution is -2.34. The predicted molar refractivity (Wildman–Crippen MR) is 64.3 cm³/mol. The molecule has 0 radical (unpaired) electrons. The van der Waals surface area contributed by atoms with Gasteiger partial charge in [0.15, 0.2) is 5.78 Å². The van der Waals surface area contributed by atoms with Gasteiger partial charge < -0.3 is 4.74 Å². The van der Waals surface area contributed by atoms with Gasteiger partial charge >= 0.3 is 5.97 Å². The van der Waals surface area contributed by atoms with Crippen LogP contribution in [0.5, 0.6) is 0 Å². The van der Waals surface area contributed by atoms with Gasteiger partial charge in [-0.25, -0.2) is 0 Å². The number of benzene rings is 1. The molecule has 0 spiro atoms. The third-order valence-electron chi connectivity index (χ3n) is 2.37. The average Bonchev–Trinajstić information content (AvgIpc) is 2.28. The molecule has 3 nitrogen and oxygen atoms in total. The number of carbonyl (C=O) groups is 2. The second-order valence-corrected chi connectivity index (χ2v) is 4.87. The minimum Gasteiger partial charge on any atom is -0.468 e. The van der Waals surface area contributed by atoms with Crippen LogP contribution in [0.15, 0.2) is 28.7 Å². The molecule has 0 saturated carbocycles. The summed E-state index contributed by atoms with van der Waals surface area (Å²) in [6, 6.07) is 6.88. The first-order valence-electron chi connectivity index (χ1n) is 4.78. The number of rotatable bonds is 3. The smallest absolute Gasteiger partial charge is 0.319 e. The first-order valence-corrected chi connectivity index (χ1v) is 5.57. The van der Waals surface area contributed by atoms with Crippen LogP contribution in [0.3, 0.4) is 0 Å². The topological polar surface area (TPSA) is 43.4 Å². The Bertz CT molecular complexity index is 407. The van der Waals surface area contributed by atoms with E-state index >= 15 is 0 Å². The van der Waals surface area contributed by atoms with Gasteiger partial charge in [-0.2, -0.15) is 0 Å². The molecule has 1 aromatic carbocycles. The summed E-state index contributed by atoms with van der Waals surface area (Å²) >= 11 is 3.28. The van der Waals surface area contributed by atoms with Crippen molar-refractivity contribution in [2.45, 2.75) is 13.8 Å². The van der Waals surface area contributed by atoms with E-state index in [1.807, 2.05) is 0 Å². The van der Waals surface area contributed by atoms with Gasteiger partial charge in [-0.15, -0.1) is 0 Å². The molecule has 0 aliphatic carbocycles. The van der Waals surface area contributed by atoms with Crippen molar-refractivity contribution in [1.29, 1.82) is 0 Å². The van der Waals surface area contributed by atoms with E-state index in [1.54, 1.807) is 38.1 Å². The molecule has 16 heavy (non-hydrogen) atoms. The fourth-order valence-corrected chi connectivity index (χ4v) is 1.57. The molecule has 86 valence electrons. The summed E-state index contributed by atoms with van der Waals surface area (Å²) in [4.78, 5) is 23.5. The highest BCUT2D eigenvalue weighted by molar-refractivity contribution is 9.10. The van der Waals surface area contributed by atoms with Crippen LogP contribution in [0.1, 0.15) is 24.2 Å². The Morgan fingerprint density at radius 3 is 2.12 bits per heavy atom. The van der Waals surface area contributed by atoms with E-state index in [1.165, 1.54) is 7.11 Å². The number of esters is 1. The summed E-state index contributed by atoms with van der Waals surface area (Å²) < 4.78 is 5.50. The molecule has 0 fully saturated rings. The lowest BCUT2D eigenvalue weighted by molar-refractivity contribution is -0.147. The van der Waals surface area contributed by atoms with Gasteiger partial charge in [0.1, 0.15) is 5.41 Å². The van der Waals surface area contributed by atoms with Crippen molar-refractivity contribution in [3.05, 3.63) is 34.3 Å². The molecule has 0 N–H and O–H groups in total. The fraction of sp³-hybridized carbons (Fsp3) is 0.333. The Kier molecular flexibility index (Phi) is 3.86. The molecule has 0 bridgehead atoms. The van der Waals surface area contributed by atoms with Crippen LogP contribution in [0, 0.1) is 5.41 Å². The highest BCUT2D eigenvalue weighted by atomic mass is 79.9. The average molecular weight is 285 g/mol. The monoisotopic (exact) mass is 284 g/mol. The maximum absolute atomic E-state index is 12.1. The second-order valence-electron chi connectivity index (χ2n) is 3.95. The van der Waals surface area contributed by atoms with Gasteiger partial charge in [-0.3, -0.25) is 9.59 Å². The molecule has 0 unspecified atom stereocenters. The van der Waals surface area contributed by atoms with E-state index in [-0.39, 0.29) is 5.78 Å². The SMILES string of the molecule is COC(=O)C(C)(C)C(=O)c1ccc(Br)cc1. The molecule has 0 saturated heterocycles. The summed E-state index contributed by atoms with van der Waals surface area (Å²) in [7, 11) is 1.28. The zero-order valence-corrected chi connectivity index (χ0v) is 11.0. The highest BCUT2D eigenvalue weighted by Crippen LogP contribution is 2.24. The number of halogens is 1. The van der Waals surface area contributed by atoms with Gasteiger partial charge in [0.2, 0.25) is 0 Å². The van der Waals surface area contributed by atoms with Crippen LogP contribution in [0.25, 0.3) is 0 Å². The fourth-order valence-electron chi connectivity index (χ4n) is 1.31. The largest absolute Gasteiger partial charge is 0.468 e. The summed E-state index contributed by atoms with van der Waals surface area (Å²) in [6.45, 7) is 3.12. The van der Waals surface area contributed by atoms with Crippen LogP contribution in [0.2, 0.25) is 0 Å². The molecular formula is C12H13BrO3. The van der Waals surface area contributed by atoms with Crippen molar-refractivity contribution in [2.75, 3.05) is 7.11 Å². The molecule has 0 aliphatic rings. The van der Waals surface area contributed by atoms with Crippen molar-refractivity contribution >= 4 is 27.7 Å². The number of hydrogen-bond acceptors (Lipinski definition) is 3. The third-order valence-corrected chi connectivity index (χ3v) is 2.90. The molecule has 0 heterocycles. The van der Waals surface area contributed by atoms with Crippen molar-refractivity contribution in [2.24, 2.45) is 5.41 Å². The van der Waals surface area contributed by atoms with Gasteiger partial charge in [0, 0.05) is 10.0 Å². The van der Waals surface area contributed by atoms with Crippen molar-refractivity contribution < 1.29 is 14.3 Å². The Morgan fingerprint density at radius 1 is 1.19 bits per heavy atom. The number of carbonyl (C=O) groups excluding carboxylic acids is 2. The Morgan fingerprint density at radius 2 is 1.69 bits per heavy atom. The van der Waals surface area contributed by atoms with Crippen molar-refractivity contribution in [1.82, 2.24) is 0 Å². The summed E-state index contributed by atoms with van der Waals surface area (Å²) in [5.41, 5.74) is -0.652. The van der Waals surface area contributed by atoms with Crippen LogP contribution in [-0.2, 0) is 9.53 Å². The van der Waals surface area contributed by atoms with Gasteiger partial charge in [0.05, 0.1) is 7.11 Å². The van der Waals surface area contributed by atoms with Crippen molar-refractivity contribution in [3.63, 3.8) is 0 Å². The lowest BCUT2D eigenvalue weighted by Gasteiger charge is -2.19. The number of ether oxygens (including phenoxy) is 1. The quantitative estimate of drug-likeness (QED) is 0.487. The van der Waals surface area contributed by atoms with Crippen LogP contribution in [0.4, 0.5) is 0 Å². The van der Waals surface area contributed by atoms with Gasteiger partial charge in [0.25, 0.3) is 0 Å². The zero-order valence-electron chi connectivity index (χ0n) is 9.41. The summed E-state index contributed by atoms with van der Waals surface area (Å²) in [5.74, 6) is -0.771. The minimum atomic E-state index is -1.15. The van der Waals surface area contributed by atoms with Crippen molar-refractivity contribution in [3.8, 4) is 0 Å². The highest BCUT2D eigenvalue weighted by Gasteiger charge is 2.37. The van der Waals surface area contributed by atoms with Gasteiger partial charge in [-0.05, 0) is 26.0 Å². The van der Waals surface area contributed by atoms with E-state index in [0.29, 0.717) is 5.56 Å². The van der Waals surface area contributed by atoms with Crippen LogP contribution >= 0.6 is 15.9 Å². The minimum absolute atomic E-state index is 0.244. The Labute approximate surface area is 103 Å². The molecule has 0 aliphatic heterocycles. The van der Waals surface area contributed by atoms with E-state index in [2.05, 4.69) is 20.7 Å². The number of ketones is 1. The van der Waals surface area contributed by atoms with Crippen LogP contribution < -0.4 is 0 Å². The normalized spacial score (nSPS) is 11.0. The number of Topliss-reactive ketones (excluding diaryl/α,β-unsaturated/α-hetero) is 1. The summed E-state index contributed by atoms with van der Waals surface area (Å²) in [5, 5.41) is 0. The van der Waals surface area contributed by atoms with Crippen LogP contribution in [-0.4, -0.2) is 18.9 Å². The Hall–Kier alpha value is -1.16. The maximum Gasteiger partial charge on any atom is 0.319 e. The maximum atomic E-state index is 12.1. The molecular weight excluding hydrogens is 272 g/mol. The summed E-state index contributed by atoms with van der Waals surface area (Å²) in [6.07, 6.45) is 0. The van der Waals surface area contributed by atoms with E-state index < -0.39 is 11.4 Å². The molecule has 1 rings (SSSR count). The molecule has 0 amide bonds. The van der Waals surface area contributed by atoms with Gasteiger partial charge in [-0.1, -0.05) is 28.1 Å².